The highest BCUT2D eigenvalue weighted by Gasteiger charge is 2.11. The summed E-state index contributed by atoms with van der Waals surface area (Å²) in [5.41, 5.74) is 5.10. The lowest BCUT2D eigenvalue weighted by Gasteiger charge is -2.09. The van der Waals surface area contributed by atoms with Crippen LogP contribution in [0.25, 0.3) is 0 Å². The molecule has 2 rings (SSSR count). The molecule has 2 amide bonds. The molecule has 0 saturated heterocycles. The van der Waals surface area contributed by atoms with Crippen LogP contribution in [0.2, 0.25) is 0 Å². The molecule has 2 heterocycles. The molecule has 0 bridgehead atoms. The Morgan fingerprint density at radius 2 is 2.00 bits per heavy atom. The predicted octanol–water partition coefficient (Wildman–Crippen LogP) is 0.624. The Labute approximate surface area is 119 Å². The maximum Gasteiger partial charge on any atom is 0.293 e. The number of nitrogens with one attached hydrogen (secondary N) is 3. The molecule has 2 aromatic rings. The van der Waals surface area contributed by atoms with Crippen molar-refractivity contribution in [2.75, 3.05) is 0 Å². The van der Waals surface area contributed by atoms with Crippen LogP contribution < -0.4 is 16.2 Å². The van der Waals surface area contributed by atoms with Crippen molar-refractivity contribution in [3.8, 4) is 0 Å². The van der Waals surface area contributed by atoms with Gasteiger partial charge in [0.1, 0.15) is 0 Å². The Kier molecular flexibility index (Phi) is 4.40. The first-order valence-electron chi connectivity index (χ1n) is 5.52. The van der Waals surface area contributed by atoms with Gasteiger partial charge >= 0.3 is 0 Å². The molecule has 8 heteroatoms. The van der Waals surface area contributed by atoms with Gasteiger partial charge in [0.2, 0.25) is 0 Å². The van der Waals surface area contributed by atoms with Crippen molar-refractivity contribution in [3.63, 3.8) is 0 Å². The zero-order valence-corrected chi connectivity index (χ0v) is 10.9. The first kappa shape index (κ1) is 13.7. The monoisotopic (exact) mass is 290 g/mol. The van der Waals surface area contributed by atoms with Crippen molar-refractivity contribution in [2.45, 2.75) is 0 Å². The Bertz CT molecular complexity index is 613. The molecule has 0 aromatic carbocycles. The summed E-state index contributed by atoms with van der Waals surface area (Å²) in [6.45, 7) is 0. The first-order valence-corrected chi connectivity index (χ1v) is 5.93. The smallest absolute Gasteiger partial charge is 0.293 e. The highest BCUT2D eigenvalue weighted by Crippen LogP contribution is 1.98. The molecule has 0 unspecified atom stereocenters. The number of rotatable bonds is 2. The molecular formula is C12H10N4O3S. The number of aromatic nitrogens is 1. The van der Waals surface area contributed by atoms with Gasteiger partial charge in [-0.3, -0.25) is 30.7 Å². The molecule has 0 aliphatic heterocycles. The standard InChI is InChI=1S/C12H10N4O3S/c17-10(8-3-1-5-13-7-8)15-16-12(20)14-11(18)9-4-2-6-19-9/h1-7H,(H,15,17)(H2,14,16,18,20). The Morgan fingerprint density at radius 3 is 2.65 bits per heavy atom. The minimum Gasteiger partial charge on any atom is -0.459 e. The summed E-state index contributed by atoms with van der Waals surface area (Å²) in [6, 6.07) is 6.29. The van der Waals surface area contributed by atoms with Gasteiger partial charge in [0, 0.05) is 12.4 Å². The molecular weight excluding hydrogens is 280 g/mol. The number of carbonyl (C=O) groups excluding carboxylic acids is 2. The van der Waals surface area contributed by atoms with Gasteiger partial charge in [-0.1, -0.05) is 0 Å². The molecule has 0 atom stereocenters. The third-order valence-electron chi connectivity index (χ3n) is 2.19. The van der Waals surface area contributed by atoms with Gasteiger partial charge in [0.25, 0.3) is 11.8 Å². The van der Waals surface area contributed by atoms with E-state index in [1.807, 2.05) is 0 Å². The number of pyridine rings is 1. The van der Waals surface area contributed by atoms with Crippen LogP contribution >= 0.6 is 12.2 Å². The lowest BCUT2D eigenvalue weighted by Crippen LogP contribution is -2.48. The average molecular weight is 290 g/mol. The van der Waals surface area contributed by atoms with E-state index in [1.54, 1.807) is 24.4 Å². The van der Waals surface area contributed by atoms with E-state index >= 15 is 0 Å². The van der Waals surface area contributed by atoms with Crippen molar-refractivity contribution in [3.05, 3.63) is 54.2 Å². The van der Waals surface area contributed by atoms with Crippen molar-refractivity contribution in [2.24, 2.45) is 0 Å². The van der Waals surface area contributed by atoms with E-state index < -0.39 is 11.8 Å². The van der Waals surface area contributed by atoms with Gasteiger partial charge in [-0.05, 0) is 36.5 Å². The Balaban J connectivity index is 1.81. The molecule has 0 fully saturated rings. The van der Waals surface area contributed by atoms with Gasteiger partial charge in [0.05, 0.1) is 11.8 Å². The summed E-state index contributed by atoms with van der Waals surface area (Å²) in [4.78, 5) is 27.0. The SMILES string of the molecule is O=C(NNC(=S)NC(=O)c1ccco1)c1cccnc1. The second-order valence-electron chi connectivity index (χ2n) is 3.58. The van der Waals surface area contributed by atoms with Crippen LogP contribution in [0.15, 0.2) is 47.3 Å². The fraction of sp³-hybridized carbons (Fsp3) is 0. The highest BCUT2D eigenvalue weighted by atomic mass is 32.1. The second-order valence-corrected chi connectivity index (χ2v) is 3.99. The van der Waals surface area contributed by atoms with Crippen LogP contribution in [-0.4, -0.2) is 21.9 Å². The summed E-state index contributed by atoms with van der Waals surface area (Å²) < 4.78 is 4.90. The molecule has 0 aliphatic carbocycles. The number of nitrogens with zero attached hydrogens (tertiary/aromatic N) is 1. The van der Waals surface area contributed by atoms with E-state index in [-0.39, 0.29) is 10.9 Å². The van der Waals surface area contributed by atoms with Crippen LogP contribution in [0.4, 0.5) is 0 Å². The number of hydrazine groups is 1. The van der Waals surface area contributed by atoms with Crippen LogP contribution in [0.3, 0.4) is 0 Å². The van der Waals surface area contributed by atoms with Gasteiger partial charge in [-0.15, -0.1) is 0 Å². The average Bonchev–Trinajstić information content (AvgIpc) is 3.00. The van der Waals surface area contributed by atoms with Crippen LogP contribution in [-0.2, 0) is 0 Å². The first-order chi connectivity index (χ1) is 9.66. The molecule has 0 saturated carbocycles. The van der Waals surface area contributed by atoms with Crippen molar-refractivity contribution < 1.29 is 14.0 Å². The van der Waals surface area contributed by atoms with Gasteiger partial charge < -0.3 is 4.42 Å². The fourth-order valence-electron chi connectivity index (χ4n) is 1.29. The number of amides is 2. The van der Waals surface area contributed by atoms with E-state index in [0.717, 1.165) is 0 Å². The third-order valence-corrected chi connectivity index (χ3v) is 2.39. The lowest BCUT2D eigenvalue weighted by atomic mass is 10.3. The largest absolute Gasteiger partial charge is 0.459 e. The van der Waals surface area contributed by atoms with Crippen molar-refractivity contribution in [1.29, 1.82) is 0 Å². The van der Waals surface area contributed by atoms with E-state index in [2.05, 4.69) is 21.2 Å². The quantitative estimate of drug-likeness (QED) is 0.554. The Morgan fingerprint density at radius 1 is 1.15 bits per heavy atom. The summed E-state index contributed by atoms with van der Waals surface area (Å²) in [5, 5.41) is 2.29. The number of furan rings is 1. The molecule has 0 spiro atoms. The lowest BCUT2D eigenvalue weighted by molar-refractivity contribution is 0.0926. The number of hydrogen-bond donors (Lipinski definition) is 3. The molecule has 3 N–H and O–H groups in total. The van der Waals surface area contributed by atoms with Gasteiger partial charge in [0.15, 0.2) is 10.9 Å². The van der Waals surface area contributed by atoms with Gasteiger partial charge in [-0.2, -0.15) is 0 Å². The number of carbonyl (C=O) groups is 2. The molecule has 102 valence electrons. The minimum atomic E-state index is -0.511. The minimum absolute atomic E-state index is 0.0522. The molecule has 7 nitrogen and oxygen atoms in total. The zero-order chi connectivity index (χ0) is 14.4. The van der Waals surface area contributed by atoms with E-state index in [9.17, 15) is 9.59 Å². The number of hydrogen-bond acceptors (Lipinski definition) is 5. The predicted molar refractivity (Wildman–Crippen MR) is 73.6 cm³/mol. The normalized spacial score (nSPS) is 9.60. The van der Waals surface area contributed by atoms with Crippen LogP contribution in [0.5, 0.6) is 0 Å². The van der Waals surface area contributed by atoms with Crippen LogP contribution in [0.1, 0.15) is 20.9 Å². The molecule has 0 radical (unpaired) electrons. The second kappa shape index (κ2) is 6.43. The summed E-state index contributed by atoms with van der Waals surface area (Å²) in [5.74, 6) is -0.816. The maximum absolute atomic E-state index is 11.7. The van der Waals surface area contributed by atoms with E-state index in [0.29, 0.717) is 5.56 Å². The fourth-order valence-corrected chi connectivity index (χ4v) is 1.43. The van der Waals surface area contributed by atoms with Crippen molar-refractivity contribution >= 4 is 29.1 Å². The summed E-state index contributed by atoms with van der Waals surface area (Å²) in [6.07, 6.45) is 4.33. The van der Waals surface area contributed by atoms with Crippen LogP contribution in [0, 0.1) is 0 Å². The topological polar surface area (TPSA) is 96.3 Å². The highest BCUT2D eigenvalue weighted by molar-refractivity contribution is 7.80. The van der Waals surface area contributed by atoms with Gasteiger partial charge in [-0.25, -0.2) is 0 Å². The van der Waals surface area contributed by atoms with Crippen molar-refractivity contribution in [1.82, 2.24) is 21.2 Å². The zero-order valence-electron chi connectivity index (χ0n) is 10.1. The van der Waals surface area contributed by atoms with E-state index in [4.69, 9.17) is 16.6 Å². The molecule has 2 aromatic heterocycles. The molecule has 0 aliphatic rings. The number of thiocarbonyl (C=S) groups is 1. The summed E-state index contributed by atoms with van der Waals surface area (Å²) in [7, 11) is 0. The Hall–Kier alpha value is -2.74. The molecule has 20 heavy (non-hydrogen) atoms. The van der Waals surface area contributed by atoms with E-state index in [1.165, 1.54) is 18.5 Å². The summed E-state index contributed by atoms with van der Waals surface area (Å²) >= 11 is 4.86. The third kappa shape index (κ3) is 3.62. The maximum atomic E-state index is 11.7.